The highest BCUT2D eigenvalue weighted by Gasteiger charge is 2.36. The smallest absolute Gasteiger partial charge is 0.307 e. The van der Waals surface area contributed by atoms with Gasteiger partial charge in [-0.1, -0.05) is 36.8 Å². The van der Waals surface area contributed by atoms with E-state index in [0.717, 1.165) is 6.42 Å². The van der Waals surface area contributed by atoms with Crippen molar-refractivity contribution in [3.8, 4) is 0 Å². The molecule has 2 atom stereocenters. The second-order valence-corrected chi connectivity index (χ2v) is 4.13. The molecular formula is C10H12Cl2O2. The SMILES string of the molecule is CCCC(=O)OC1(Cl)C=CC=CC1Cl. The first-order valence-electron chi connectivity index (χ1n) is 4.49. The highest BCUT2D eigenvalue weighted by molar-refractivity contribution is 6.34. The Morgan fingerprint density at radius 1 is 1.57 bits per heavy atom. The van der Waals surface area contributed by atoms with E-state index in [2.05, 4.69) is 0 Å². The third-order valence-corrected chi connectivity index (χ3v) is 2.83. The lowest BCUT2D eigenvalue weighted by Gasteiger charge is -2.28. The van der Waals surface area contributed by atoms with E-state index in [-0.39, 0.29) is 5.97 Å². The van der Waals surface area contributed by atoms with Gasteiger partial charge in [-0.2, -0.15) is 0 Å². The van der Waals surface area contributed by atoms with Gasteiger partial charge in [-0.05, 0) is 12.5 Å². The van der Waals surface area contributed by atoms with Crippen LogP contribution in [0.5, 0.6) is 0 Å². The molecule has 0 saturated heterocycles. The van der Waals surface area contributed by atoms with E-state index in [1.165, 1.54) is 0 Å². The number of alkyl halides is 2. The molecule has 2 nitrogen and oxygen atoms in total. The maximum atomic E-state index is 11.2. The van der Waals surface area contributed by atoms with Gasteiger partial charge in [0.25, 0.3) is 0 Å². The number of ether oxygens (including phenoxy) is 1. The molecule has 4 heteroatoms. The van der Waals surface area contributed by atoms with Crippen molar-refractivity contribution in [1.82, 2.24) is 0 Å². The Morgan fingerprint density at radius 2 is 2.29 bits per heavy atom. The molecule has 2 unspecified atom stereocenters. The molecule has 14 heavy (non-hydrogen) atoms. The van der Waals surface area contributed by atoms with Gasteiger partial charge in [0.1, 0.15) is 5.38 Å². The lowest BCUT2D eigenvalue weighted by atomic mass is 10.1. The van der Waals surface area contributed by atoms with Crippen molar-refractivity contribution in [2.24, 2.45) is 0 Å². The molecule has 0 N–H and O–H groups in total. The maximum Gasteiger partial charge on any atom is 0.307 e. The van der Waals surface area contributed by atoms with Crippen LogP contribution in [-0.4, -0.2) is 16.4 Å². The highest BCUT2D eigenvalue weighted by Crippen LogP contribution is 2.31. The summed E-state index contributed by atoms with van der Waals surface area (Å²) in [7, 11) is 0. The van der Waals surface area contributed by atoms with E-state index >= 15 is 0 Å². The first kappa shape index (κ1) is 11.6. The second kappa shape index (κ2) is 4.85. The molecule has 0 saturated carbocycles. The van der Waals surface area contributed by atoms with E-state index in [1.807, 2.05) is 6.92 Å². The summed E-state index contributed by atoms with van der Waals surface area (Å²) in [4.78, 5) is 11.2. The number of allylic oxidation sites excluding steroid dienone is 2. The zero-order valence-corrected chi connectivity index (χ0v) is 9.39. The van der Waals surface area contributed by atoms with E-state index < -0.39 is 10.4 Å². The Labute approximate surface area is 93.5 Å². The van der Waals surface area contributed by atoms with Crippen LogP contribution in [-0.2, 0) is 9.53 Å². The molecule has 1 aliphatic rings. The average molecular weight is 235 g/mol. The Bertz CT molecular complexity index is 273. The van der Waals surface area contributed by atoms with Crippen LogP contribution in [0.3, 0.4) is 0 Å². The van der Waals surface area contributed by atoms with Crippen LogP contribution < -0.4 is 0 Å². The molecular weight excluding hydrogens is 223 g/mol. The van der Waals surface area contributed by atoms with Crippen molar-refractivity contribution < 1.29 is 9.53 Å². The van der Waals surface area contributed by atoms with Crippen LogP contribution in [0.2, 0.25) is 0 Å². The van der Waals surface area contributed by atoms with Crippen LogP contribution in [0, 0.1) is 0 Å². The predicted molar refractivity (Wildman–Crippen MR) is 57.5 cm³/mol. The number of halogens is 2. The number of rotatable bonds is 3. The summed E-state index contributed by atoms with van der Waals surface area (Å²) in [6.07, 6.45) is 7.85. The molecule has 78 valence electrons. The Kier molecular flexibility index (Phi) is 4.02. The maximum absolute atomic E-state index is 11.2. The largest absolute Gasteiger partial charge is 0.437 e. The van der Waals surface area contributed by atoms with Gasteiger partial charge < -0.3 is 4.74 Å². The summed E-state index contributed by atoms with van der Waals surface area (Å²) in [5, 5.41) is -1.74. The van der Waals surface area contributed by atoms with Crippen molar-refractivity contribution in [3.63, 3.8) is 0 Å². The number of hydrogen-bond donors (Lipinski definition) is 0. The standard InChI is InChI=1S/C10H12Cl2O2/c1-2-5-9(13)14-10(12)7-4-3-6-8(10)11/h3-4,6-8H,2,5H2,1H3. The lowest BCUT2D eigenvalue weighted by molar-refractivity contribution is -0.149. The summed E-state index contributed by atoms with van der Waals surface area (Å²) >= 11 is 12.0. The van der Waals surface area contributed by atoms with E-state index in [1.54, 1.807) is 24.3 Å². The summed E-state index contributed by atoms with van der Waals surface area (Å²) in [6.45, 7) is 1.90. The molecule has 0 heterocycles. The van der Waals surface area contributed by atoms with Crippen molar-refractivity contribution in [1.29, 1.82) is 0 Å². The minimum absolute atomic E-state index is 0.326. The quantitative estimate of drug-likeness (QED) is 0.555. The lowest BCUT2D eigenvalue weighted by Crippen LogP contribution is -2.36. The Balaban J connectivity index is 2.61. The normalized spacial score (nSPS) is 30.4. The van der Waals surface area contributed by atoms with Gasteiger partial charge in [-0.25, -0.2) is 0 Å². The Hall–Kier alpha value is -0.470. The highest BCUT2D eigenvalue weighted by atomic mass is 35.5. The molecule has 0 aromatic rings. The third kappa shape index (κ3) is 2.76. The molecule has 0 aromatic heterocycles. The summed E-state index contributed by atoms with van der Waals surface area (Å²) in [6, 6.07) is 0. The topological polar surface area (TPSA) is 26.3 Å². The molecule has 0 radical (unpaired) electrons. The van der Waals surface area contributed by atoms with Crippen LogP contribution in [0.25, 0.3) is 0 Å². The molecule has 0 bridgehead atoms. The first-order valence-corrected chi connectivity index (χ1v) is 5.31. The molecule has 0 aromatic carbocycles. The number of esters is 1. The van der Waals surface area contributed by atoms with Crippen molar-refractivity contribution in [3.05, 3.63) is 24.3 Å². The zero-order chi connectivity index (χ0) is 10.6. The van der Waals surface area contributed by atoms with Crippen molar-refractivity contribution in [2.75, 3.05) is 0 Å². The molecule has 1 aliphatic carbocycles. The monoisotopic (exact) mass is 234 g/mol. The fourth-order valence-corrected chi connectivity index (χ4v) is 1.52. The van der Waals surface area contributed by atoms with Gasteiger partial charge in [0.2, 0.25) is 5.06 Å². The third-order valence-electron chi connectivity index (χ3n) is 1.82. The molecule has 0 amide bonds. The van der Waals surface area contributed by atoms with Crippen LogP contribution >= 0.6 is 23.2 Å². The van der Waals surface area contributed by atoms with Gasteiger partial charge in [0, 0.05) is 6.42 Å². The van der Waals surface area contributed by atoms with Crippen LogP contribution in [0.4, 0.5) is 0 Å². The summed E-state index contributed by atoms with van der Waals surface area (Å²) < 4.78 is 5.09. The van der Waals surface area contributed by atoms with Crippen molar-refractivity contribution in [2.45, 2.75) is 30.2 Å². The fraction of sp³-hybridized carbons (Fsp3) is 0.500. The second-order valence-electron chi connectivity index (χ2n) is 3.07. The minimum Gasteiger partial charge on any atom is -0.437 e. The zero-order valence-electron chi connectivity index (χ0n) is 7.87. The first-order chi connectivity index (χ1) is 6.58. The molecule has 1 rings (SSSR count). The van der Waals surface area contributed by atoms with Gasteiger partial charge in [0.15, 0.2) is 0 Å². The van der Waals surface area contributed by atoms with Gasteiger partial charge in [0.05, 0.1) is 0 Å². The summed E-state index contributed by atoms with van der Waals surface area (Å²) in [5.41, 5.74) is 0. The summed E-state index contributed by atoms with van der Waals surface area (Å²) in [5.74, 6) is -0.326. The fourth-order valence-electron chi connectivity index (χ4n) is 1.09. The Morgan fingerprint density at radius 3 is 2.86 bits per heavy atom. The number of hydrogen-bond acceptors (Lipinski definition) is 2. The molecule has 0 aliphatic heterocycles. The van der Waals surface area contributed by atoms with E-state index in [9.17, 15) is 4.79 Å². The number of carbonyl (C=O) groups excluding carboxylic acids is 1. The van der Waals surface area contributed by atoms with Crippen molar-refractivity contribution >= 4 is 29.2 Å². The molecule has 0 fully saturated rings. The van der Waals surface area contributed by atoms with Gasteiger partial charge in [-0.15, -0.1) is 11.6 Å². The average Bonchev–Trinajstić information content (AvgIpc) is 2.10. The van der Waals surface area contributed by atoms with E-state index in [4.69, 9.17) is 27.9 Å². The van der Waals surface area contributed by atoms with Gasteiger partial charge >= 0.3 is 5.97 Å². The van der Waals surface area contributed by atoms with Gasteiger partial charge in [-0.3, -0.25) is 4.79 Å². The molecule has 0 spiro atoms. The minimum atomic E-state index is -1.22. The van der Waals surface area contributed by atoms with Crippen LogP contribution in [0.15, 0.2) is 24.3 Å². The number of carbonyl (C=O) groups is 1. The predicted octanol–water partition coefficient (Wildman–Crippen LogP) is 3.00. The van der Waals surface area contributed by atoms with E-state index in [0.29, 0.717) is 6.42 Å². The van der Waals surface area contributed by atoms with Crippen LogP contribution in [0.1, 0.15) is 19.8 Å².